The van der Waals surface area contributed by atoms with Crippen molar-refractivity contribution in [1.29, 1.82) is 0 Å². The molecule has 0 bridgehead atoms. The zero-order valence-electron chi connectivity index (χ0n) is 11.7. The number of esters is 1. The lowest BCUT2D eigenvalue weighted by molar-refractivity contribution is -0.143. The molecule has 0 aliphatic carbocycles. The largest absolute Gasteiger partial charge is 0.465 e. The van der Waals surface area contributed by atoms with Gasteiger partial charge in [-0.2, -0.15) is 0 Å². The van der Waals surface area contributed by atoms with Gasteiger partial charge in [-0.05, 0) is 37.6 Å². The molecule has 0 radical (unpaired) electrons. The Morgan fingerprint density at radius 3 is 2.65 bits per heavy atom. The van der Waals surface area contributed by atoms with Gasteiger partial charge in [0, 0.05) is 12.1 Å². The van der Waals surface area contributed by atoms with Gasteiger partial charge in [0.25, 0.3) is 5.91 Å². The molecule has 0 fully saturated rings. The number of ether oxygens (including phenoxy) is 1. The molecule has 0 aliphatic rings. The first-order chi connectivity index (χ1) is 9.47. The summed E-state index contributed by atoms with van der Waals surface area (Å²) in [6.07, 6.45) is 1.50. The third-order valence-corrected chi connectivity index (χ3v) is 2.55. The second-order valence-electron chi connectivity index (χ2n) is 4.30. The lowest BCUT2D eigenvalue weighted by Crippen LogP contribution is -2.36. The molecule has 1 aromatic rings. The normalized spacial score (nSPS) is 9.95. The van der Waals surface area contributed by atoms with Crippen LogP contribution in [0.15, 0.2) is 30.9 Å². The first kappa shape index (κ1) is 15.9. The predicted molar refractivity (Wildman–Crippen MR) is 73.9 cm³/mol. The summed E-state index contributed by atoms with van der Waals surface area (Å²) in [5, 5.41) is 0. The number of benzene rings is 1. The Hall–Kier alpha value is -2.17. The highest BCUT2D eigenvalue weighted by molar-refractivity contribution is 5.96. The molecule has 0 saturated carbocycles. The maximum atomic E-state index is 13.3. The van der Waals surface area contributed by atoms with E-state index in [2.05, 4.69) is 6.58 Å². The fourth-order valence-electron chi connectivity index (χ4n) is 1.78. The number of hydrogen-bond acceptors (Lipinski definition) is 3. The number of amides is 1. The minimum atomic E-state index is -0.504. The van der Waals surface area contributed by atoms with Crippen LogP contribution in [0.3, 0.4) is 0 Å². The van der Waals surface area contributed by atoms with Crippen LogP contribution >= 0.6 is 0 Å². The van der Waals surface area contributed by atoms with Gasteiger partial charge >= 0.3 is 5.97 Å². The molecule has 4 nitrogen and oxygen atoms in total. The molecule has 0 aliphatic heterocycles. The van der Waals surface area contributed by atoms with Crippen LogP contribution in [0.25, 0.3) is 0 Å². The lowest BCUT2D eigenvalue weighted by atomic mass is 10.1. The molecule has 1 amide bonds. The van der Waals surface area contributed by atoms with Crippen molar-refractivity contribution < 1.29 is 18.7 Å². The molecular formula is C15H18FNO3. The van der Waals surface area contributed by atoms with Gasteiger partial charge in [-0.3, -0.25) is 9.59 Å². The van der Waals surface area contributed by atoms with Crippen molar-refractivity contribution in [3.05, 3.63) is 47.8 Å². The molecule has 0 aromatic heterocycles. The number of carbonyl (C=O) groups excluding carboxylic acids is 2. The number of hydrogen-bond donors (Lipinski definition) is 0. The zero-order valence-corrected chi connectivity index (χ0v) is 11.7. The Labute approximate surface area is 117 Å². The summed E-state index contributed by atoms with van der Waals surface area (Å²) in [5.41, 5.74) is 0.844. The Balaban J connectivity index is 2.92. The van der Waals surface area contributed by atoms with Gasteiger partial charge < -0.3 is 9.64 Å². The third kappa shape index (κ3) is 4.50. The van der Waals surface area contributed by atoms with E-state index in [-0.39, 0.29) is 25.3 Å². The van der Waals surface area contributed by atoms with E-state index in [1.165, 1.54) is 17.0 Å². The van der Waals surface area contributed by atoms with Crippen LogP contribution in [0.2, 0.25) is 0 Å². The van der Waals surface area contributed by atoms with Crippen molar-refractivity contribution in [3.63, 3.8) is 0 Å². The second kappa shape index (κ2) is 7.43. The zero-order chi connectivity index (χ0) is 15.1. The molecule has 1 rings (SSSR count). The van der Waals surface area contributed by atoms with Crippen molar-refractivity contribution in [1.82, 2.24) is 4.90 Å². The van der Waals surface area contributed by atoms with E-state index in [4.69, 9.17) is 4.74 Å². The van der Waals surface area contributed by atoms with Crippen LogP contribution < -0.4 is 0 Å². The topological polar surface area (TPSA) is 46.6 Å². The summed E-state index contributed by atoms with van der Waals surface area (Å²) < 4.78 is 18.1. The summed E-state index contributed by atoms with van der Waals surface area (Å²) in [4.78, 5) is 25.0. The molecule has 0 heterocycles. The first-order valence-corrected chi connectivity index (χ1v) is 6.31. The fourth-order valence-corrected chi connectivity index (χ4v) is 1.78. The van der Waals surface area contributed by atoms with Crippen LogP contribution in [0.1, 0.15) is 22.8 Å². The van der Waals surface area contributed by atoms with E-state index in [1.54, 1.807) is 19.9 Å². The Morgan fingerprint density at radius 1 is 1.40 bits per heavy atom. The summed E-state index contributed by atoms with van der Waals surface area (Å²) in [5.74, 6) is -1.42. The maximum absolute atomic E-state index is 13.3. The van der Waals surface area contributed by atoms with Gasteiger partial charge in [0.1, 0.15) is 12.4 Å². The van der Waals surface area contributed by atoms with Crippen molar-refractivity contribution in [2.24, 2.45) is 0 Å². The summed E-state index contributed by atoms with van der Waals surface area (Å²) in [7, 11) is 0. The standard InChI is InChI=1S/C15H18FNO3/c1-4-6-17(10-14(18)20-5-2)15(19)12-7-11(3)8-13(16)9-12/h4,7-9H,1,5-6,10H2,2-3H3. The summed E-state index contributed by atoms with van der Waals surface area (Å²) in [6, 6.07) is 4.06. The highest BCUT2D eigenvalue weighted by Crippen LogP contribution is 2.11. The van der Waals surface area contributed by atoms with Gasteiger partial charge in [0.2, 0.25) is 0 Å². The Morgan fingerprint density at radius 2 is 2.10 bits per heavy atom. The molecule has 0 N–H and O–H groups in total. The van der Waals surface area contributed by atoms with Crippen LogP contribution in [0.5, 0.6) is 0 Å². The van der Waals surface area contributed by atoms with Gasteiger partial charge in [0.15, 0.2) is 0 Å². The summed E-state index contributed by atoms with van der Waals surface area (Å²) in [6.45, 7) is 7.18. The van der Waals surface area contributed by atoms with E-state index in [9.17, 15) is 14.0 Å². The molecule has 108 valence electrons. The van der Waals surface area contributed by atoms with Crippen molar-refractivity contribution in [2.45, 2.75) is 13.8 Å². The number of aryl methyl sites for hydroxylation is 1. The molecule has 20 heavy (non-hydrogen) atoms. The van der Waals surface area contributed by atoms with Gasteiger partial charge in [-0.1, -0.05) is 6.08 Å². The van der Waals surface area contributed by atoms with E-state index in [0.717, 1.165) is 6.07 Å². The van der Waals surface area contributed by atoms with Crippen LogP contribution in [0.4, 0.5) is 4.39 Å². The maximum Gasteiger partial charge on any atom is 0.325 e. The van der Waals surface area contributed by atoms with Gasteiger partial charge in [-0.15, -0.1) is 6.58 Å². The average Bonchev–Trinajstić information content (AvgIpc) is 2.36. The number of nitrogens with zero attached hydrogens (tertiary/aromatic N) is 1. The monoisotopic (exact) mass is 279 g/mol. The highest BCUT2D eigenvalue weighted by atomic mass is 19.1. The van der Waals surface area contributed by atoms with E-state index >= 15 is 0 Å². The van der Waals surface area contributed by atoms with E-state index in [0.29, 0.717) is 5.56 Å². The average molecular weight is 279 g/mol. The van der Waals surface area contributed by atoms with E-state index < -0.39 is 17.7 Å². The number of rotatable bonds is 6. The molecular weight excluding hydrogens is 261 g/mol. The van der Waals surface area contributed by atoms with Crippen molar-refractivity contribution in [2.75, 3.05) is 19.7 Å². The minimum Gasteiger partial charge on any atom is -0.465 e. The molecule has 0 spiro atoms. The second-order valence-corrected chi connectivity index (χ2v) is 4.30. The van der Waals surface area contributed by atoms with Crippen LogP contribution in [-0.2, 0) is 9.53 Å². The van der Waals surface area contributed by atoms with Crippen molar-refractivity contribution in [3.8, 4) is 0 Å². The first-order valence-electron chi connectivity index (χ1n) is 6.31. The molecule has 0 saturated heterocycles. The molecule has 5 heteroatoms. The predicted octanol–water partition coefficient (Wildman–Crippen LogP) is 2.33. The highest BCUT2D eigenvalue weighted by Gasteiger charge is 2.19. The molecule has 0 unspecified atom stereocenters. The number of halogens is 1. The minimum absolute atomic E-state index is 0.186. The number of carbonyl (C=O) groups is 2. The van der Waals surface area contributed by atoms with Crippen molar-refractivity contribution >= 4 is 11.9 Å². The third-order valence-electron chi connectivity index (χ3n) is 2.55. The fraction of sp³-hybridized carbons (Fsp3) is 0.333. The van der Waals surface area contributed by atoms with Gasteiger partial charge in [-0.25, -0.2) is 4.39 Å². The molecule has 1 aromatic carbocycles. The van der Waals surface area contributed by atoms with Gasteiger partial charge in [0.05, 0.1) is 6.61 Å². The van der Waals surface area contributed by atoms with Crippen LogP contribution in [-0.4, -0.2) is 36.5 Å². The summed E-state index contributed by atoms with van der Waals surface area (Å²) >= 11 is 0. The smallest absolute Gasteiger partial charge is 0.325 e. The van der Waals surface area contributed by atoms with Crippen LogP contribution in [0, 0.1) is 12.7 Å². The Bertz CT molecular complexity index is 494. The quantitative estimate of drug-likeness (QED) is 0.593. The lowest BCUT2D eigenvalue weighted by Gasteiger charge is -2.20. The molecule has 0 atom stereocenters. The van der Waals surface area contributed by atoms with E-state index in [1.807, 2.05) is 0 Å². The SMILES string of the molecule is C=CCN(CC(=O)OCC)C(=O)c1cc(C)cc(F)c1. The Kier molecular flexibility index (Phi) is 5.90.